The van der Waals surface area contributed by atoms with Gasteiger partial charge in [0.1, 0.15) is 0 Å². The molecule has 0 spiro atoms. The van der Waals surface area contributed by atoms with E-state index in [1.807, 2.05) is 0 Å². The zero-order chi connectivity index (χ0) is 24.3. The van der Waals surface area contributed by atoms with Crippen molar-refractivity contribution in [2.75, 3.05) is 0 Å². The third-order valence-electron chi connectivity index (χ3n) is 10.8. The Kier molecular flexibility index (Phi) is 11.6. The molecular weight excluding hydrogens is 420 g/mol. The Balaban J connectivity index is 1.07. The van der Waals surface area contributed by atoms with Crippen LogP contribution < -0.4 is 0 Å². The van der Waals surface area contributed by atoms with Gasteiger partial charge in [-0.25, -0.2) is 0 Å². The smallest absolute Gasteiger partial charge is 0.0162 e. The van der Waals surface area contributed by atoms with Crippen molar-refractivity contribution < 1.29 is 0 Å². The van der Waals surface area contributed by atoms with Crippen LogP contribution in [0.4, 0.5) is 0 Å². The zero-order valence-electron chi connectivity index (χ0n) is 23.6. The molecule has 1 aromatic rings. The largest absolute Gasteiger partial charge is 0.0654 e. The highest BCUT2D eigenvalue weighted by molar-refractivity contribution is 5.26. The van der Waals surface area contributed by atoms with E-state index >= 15 is 0 Å². The fraction of sp³-hybridized carbons (Fsp3) is 0.829. The van der Waals surface area contributed by atoms with Crippen LogP contribution in [-0.4, -0.2) is 0 Å². The molecule has 0 saturated heterocycles. The van der Waals surface area contributed by atoms with Gasteiger partial charge in [0, 0.05) is 0 Å². The van der Waals surface area contributed by atoms with E-state index in [2.05, 4.69) is 38.1 Å². The second-order valence-electron chi connectivity index (χ2n) is 13.3. The summed E-state index contributed by atoms with van der Waals surface area (Å²) in [7, 11) is 0. The average molecular weight is 479 g/mol. The lowest BCUT2D eigenvalue weighted by atomic mass is 9.74. The molecule has 0 aromatic heterocycles. The van der Waals surface area contributed by atoms with Gasteiger partial charge in [-0.05, 0) is 85.2 Å². The molecule has 0 heterocycles. The predicted octanol–water partition coefficient (Wildman–Crippen LogP) is 11.3. The molecule has 35 heavy (non-hydrogen) atoms. The van der Waals surface area contributed by atoms with E-state index in [1.165, 1.54) is 96.3 Å². The molecule has 3 saturated carbocycles. The third-order valence-corrected chi connectivity index (χ3v) is 10.8. The first-order valence-electron chi connectivity index (χ1n) is 16.3. The van der Waals surface area contributed by atoms with Gasteiger partial charge >= 0.3 is 0 Å². The molecule has 198 valence electrons. The number of benzene rings is 1. The van der Waals surface area contributed by atoms with E-state index in [0.29, 0.717) is 0 Å². The molecule has 0 bridgehead atoms. The third kappa shape index (κ3) is 8.93. The first-order chi connectivity index (χ1) is 17.2. The van der Waals surface area contributed by atoms with Crippen LogP contribution in [0.25, 0.3) is 0 Å². The van der Waals surface area contributed by atoms with E-state index in [1.54, 1.807) is 49.7 Å². The minimum atomic E-state index is 0.836. The SMILES string of the molecule is CCCCC[C@H]1CC[C@H](CC[C@H]2CC[C@H](CCc3ccc([C@H]4CC[C@H](CC)CC4)cc3)CC2)CC1. The Labute approximate surface area is 219 Å². The van der Waals surface area contributed by atoms with E-state index in [9.17, 15) is 0 Å². The molecule has 0 radical (unpaired) electrons. The van der Waals surface area contributed by atoms with Crippen LogP contribution in [-0.2, 0) is 6.42 Å². The minimum Gasteiger partial charge on any atom is -0.0654 e. The number of hydrogen-bond donors (Lipinski definition) is 0. The van der Waals surface area contributed by atoms with Crippen molar-refractivity contribution in [3.05, 3.63) is 35.4 Å². The van der Waals surface area contributed by atoms with Gasteiger partial charge in [0.25, 0.3) is 0 Å². The lowest BCUT2D eigenvalue weighted by Gasteiger charge is -2.32. The van der Waals surface area contributed by atoms with Gasteiger partial charge in [0.05, 0.1) is 0 Å². The van der Waals surface area contributed by atoms with Crippen LogP contribution in [0.1, 0.15) is 159 Å². The highest BCUT2D eigenvalue weighted by Gasteiger charge is 2.25. The van der Waals surface area contributed by atoms with Crippen molar-refractivity contribution in [1.82, 2.24) is 0 Å². The van der Waals surface area contributed by atoms with E-state index < -0.39 is 0 Å². The van der Waals surface area contributed by atoms with Crippen molar-refractivity contribution >= 4 is 0 Å². The molecular formula is C35H58. The molecule has 0 atom stereocenters. The monoisotopic (exact) mass is 478 g/mol. The summed E-state index contributed by atoms with van der Waals surface area (Å²) < 4.78 is 0. The highest BCUT2D eigenvalue weighted by Crippen LogP contribution is 2.39. The molecule has 0 aliphatic heterocycles. The fourth-order valence-electron chi connectivity index (χ4n) is 8.00. The number of aryl methyl sites for hydroxylation is 1. The summed E-state index contributed by atoms with van der Waals surface area (Å²) in [5, 5.41) is 0. The Morgan fingerprint density at radius 3 is 1.51 bits per heavy atom. The van der Waals surface area contributed by atoms with Crippen molar-refractivity contribution in [2.45, 2.75) is 155 Å². The number of rotatable bonds is 12. The summed E-state index contributed by atoms with van der Waals surface area (Å²) in [6, 6.07) is 9.88. The predicted molar refractivity (Wildman–Crippen MR) is 154 cm³/mol. The normalized spacial score (nSPS) is 31.9. The fourth-order valence-corrected chi connectivity index (χ4v) is 8.00. The molecule has 0 nitrogen and oxygen atoms in total. The van der Waals surface area contributed by atoms with Gasteiger partial charge in [-0.3, -0.25) is 0 Å². The Morgan fingerprint density at radius 1 is 0.514 bits per heavy atom. The number of unbranched alkanes of at least 4 members (excludes halogenated alkanes) is 2. The molecule has 0 heteroatoms. The molecule has 3 aliphatic rings. The maximum atomic E-state index is 2.47. The summed E-state index contributed by atoms with van der Waals surface area (Å²) in [6.07, 6.45) is 31.0. The van der Waals surface area contributed by atoms with Crippen LogP contribution >= 0.6 is 0 Å². The van der Waals surface area contributed by atoms with Crippen molar-refractivity contribution in [2.24, 2.45) is 29.6 Å². The van der Waals surface area contributed by atoms with Crippen LogP contribution in [0.5, 0.6) is 0 Å². The highest BCUT2D eigenvalue weighted by atomic mass is 14.3. The van der Waals surface area contributed by atoms with Crippen molar-refractivity contribution in [3.63, 3.8) is 0 Å². The van der Waals surface area contributed by atoms with Gasteiger partial charge in [-0.2, -0.15) is 0 Å². The van der Waals surface area contributed by atoms with Crippen LogP contribution in [0, 0.1) is 29.6 Å². The number of hydrogen-bond acceptors (Lipinski definition) is 0. The minimum absolute atomic E-state index is 0.836. The second kappa shape index (κ2) is 14.8. The quantitative estimate of drug-likeness (QED) is 0.262. The maximum Gasteiger partial charge on any atom is -0.0162 e. The van der Waals surface area contributed by atoms with E-state index in [-0.39, 0.29) is 0 Å². The summed E-state index contributed by atoms with van der Waals surface area (Å²) in [5.74, 6) is 6.03. The maximum absolute atomic E-state index is 2.47. The van der Waals surface area contributed by atoms with Crippen LogP contribution in [0.2, 0.25) is 0 Å². The average Bonchev–Trinajstić information content (AvgIpc) is 2.92. The van der Waals surface area contributed by atoms with Crippen molar-refractivity contribution in [1.29, 1.82) is 0 Å². The molecule has 0 N–H and O–H groups in total. The molecule has 0 amide bonds. The molecule has 3 fully saturated rings. The first kappa shape index (κ1) is 27.3. The van der Waals surface area contributed by atoms with Gasteiger partial charge < -0.3 is 0 Å². The van der Waals surface area contributed by atoms with Crippen molar-refractivity contribution in [3.8, 4) is 0 Å². The second-order valence-corrected chi connectivity index (χ2v) is 13.3. The summed E-state index contributed by atoms with van der Waals surface area (Å²) in [6.45, 7) is 4.70. The topological polar surface area (TPSA) is 0 Å². The Bertz CT molecular complexity index is 662. The van der Waals surface area contributed by atoms with Crippen LogP contribution in [0.3, 0.4) is 0 Å². The Hall–Kier alpha value is -0.780. The molecule has 3 aliphatic carbocycles. The van der Waals surface area contributed by atoms with E-state index in [0.717, 1.165) is 35.5 Å². The summed E-state index contributed by atoms with van der Waals surface area (Å²) in [4.78, 5) is 0. The molecule has 1 aromatic carbocycles. The van der Waals surface area contributed by atoms with Gasteiger partial charge in [-0.15, -0.1) is 0 Å². The molecule has 4 rings (SSSR count). The van der Waals surface area contributed by atoms with Crippen LogP contribution in [0.15, 0.2) is 24.3 Å². The van der Waals surface area contributed by atoms with Gasteiger partial charge in [-0.1, -0.05) is 134 Å². The van der Waals surface area contributed by atoms with Gasteiger partial charge in [0.15, 0.2) is 0 Å². The summed E-state index contributed by atoms with van der Waals surface area (Å²) >= 11 is 0. The summed E-state index contributed by atoms with van der Waals surface area (Å²) in [5.41, 5.74) is 3.21. The lowest BCUT2D eigenvalue weighted by Crippen LogP contribution is -2.18. The molecule has 0 unspecified atom stereocenters. The van der Waals surface area contributed by atoms with Gasteiger partial charge in [0.2, 0.25) is 0 Å². The van der Waals surface area contributed by atoms with E-state index in [4.69, 9.17) is 0 Å². The standard InChI is InChI=1S/C35H58/c1-3-5-6-7-29-8-10-30(11-9-29)12-13-31-14-16-32(17-15-31)18-19-33-22-26-35(27-23-33)34-24-20-28(4-2)21-25-34/h22-23,26-32,34H,3-21,24-25H2,1-2H3/t28-,29-,30-,31-,32-,34-. The zero-order valence-corrected chi connectivity index (χ0v) is 23.6. The lowest BCUT2D eigenvalue weighted by molar-refractivity contribution is 0.208. The Morgan fingerprint density at radius 2 is 1.00 bits per heavy atom. The first-order valence-corrected chi connectivity index (χ1v) is 16.3.